The van der Waals surface area contributed by atoms with E-state index in [-0.39, 0.29) is 34.6 Å². The Morgan fingerprint density at radius 1 is 1.14 bits per heavy atom. The number of phenolic OH excluding ortho intramolecular Hbond substituents is 1. The predicted molar refractivity (Wildman–Crippen MR) is 76.5 cm³/mol. The van der Waals surface area contributed by atoms with E-state index in [2.05, 4.69) is 10.2 Å². The van der Waals surface area contributed by atoms with E-state index in [4.69, 9.17) is 21.1 Å². The summed E-state index contributed by atoms with van der Waals surface area (Å²) in [7, 11) is 0. The number of phenols is 1. The minimum absolute atomic E-state index is 0.0199. The van der Waals surface area contributed by atoms with Gasteiger partial charge in [0, 0.05) is 23.2 Å². The van der Waals surface area contributed by atoms with Gasteiger partial charge in [-0.3, -0.25) is 10.1 Å². The first-order valence-electron chi connectivity index (χ1n) is 6.03. The van der Waals surface area contributed by atoms with Crippen molar-refractivity contribution in [3.8, 4) is 17.2 Å². The van der Waals surface area contributed by atoms with Crippen molar-refractivity contribution in [1.29, 1.82) is 0 Å². The second kappa shape index (κ2) is 5.49. The molecule has 2 aromatic rings. The standard InChI is InChI=1S/C13H8ClN3O5/c14-7-1-2-8(10(3-7)17(19)20)15-16-9-4-12-13(5-11(9)18)22-6-21-12/h1-5,18H,6H2. The summed E-state index contributed by atoms with van der Waals surface area (Å²) in [5, 5.41) is 28.6. The summed E-state index contributed by atoms with van der Waals surface area (Å²) in [6.45, 7) is 0.0536. The van der Waals surface area contributed by atoms with E-state index < -0.39 is 4.92 Å². The van der Waals surface area contributed by atoms with Crippen molar-refractivity contribution in [3.63, 3.8) is 0 Å². The predicted octanol–water partition coefficient (Wildman–Crippen LogP) is 4.10. The third-order valence-electron chi connectivity index (χ3n) is 2.87. The summed E-state index contributed by atoms with van der Waals surface area (Å²) in [5.41, 5.74) is -0.156. The molecule has 1 aliphatic rings. The Bertz CT molecular complexity index is 793. The van der Waals surface area contributed by atoms with Gasteiger partial charge in [0.25, 0.3) is 5.69 Å². The lowest BCUT2D eigenvalue weighted by atomic mass is 10.2. The fourth-order valence-corrected chi connectivity index (χ4v) is 2.00. The molecule has 2 aromatic carbocycles. The highest BCUT2D eigenvalue weighted by Crippen LogP contribution is 2.42. The smallest absolute Gasteiger partial charge is 0.298 e. The zero-order chi connectivity index (χ0) is 15.7. The Balaban J connectivity index is 1.97. The van der Waals surface area contributed by atoms with Gasteiger partial charge in [-0.1, -0.05) is 11.6 Å². The molecule has 0 fully saturated rings. The number of benzene rings is 2. The van der Waals surface area contributed by atoms with Crippen LogP contribution in [-0.4, -0.2) is 16.8 Å². The molecule has 0 aromatic heterocycles. The van der Waals surface area contributed by atoms with E-state index in [0.29, 0.717) is 11.5 Å². The van der Waals surface area contributed by atoms with Crippen LogP contribution in [0.2, 0.25) is 5.02 Å². The normalized spacial score (nSPS) is 12.8. The van der Waals surface area contributed by atoms with Crippen LogP contribution in [0.5, 0.6) is 17.2 Å². The van der Waals surface area contributed by atoms with Gasteiger partial charge in [-0.05, 0) is 12.1 Å². The molecule has 0 unspecified atom stereocenters. The Kier molecular flexibility index (Phi) is 3.51. The molecule has 0 radical (unpaired) electrons. The van der Waals surface area contributed by atoms with Gasteiger partial charge in [0.1, 0.15) is 11.4 Å². The third-order valence-corrected chi connectivity index (χ3v) is 3.10. The molecule has 112 valence electrons. The van der Waals surface area contributed by atoms with E-state index in [1.807, 2.05) is 0 Å². The van der Waals surface area contributed by atoms with Crippen molar-refractivity contribution in [1.82, 2.24) is 0 Å². The number of halogens is 1. The van der Waals surface area contributed by atoms with Crippen LogP contribution in [0.1, 0.15) is 0 Å². The van der Waals surface area contributed by atoms with Crippen LogP contribution in [-0.2, 0) is 0 Å². The summed E-state index contributed by atoms with van der Waals surface area (Å²) in [4.78, 5) is 10.4. The molecule has 0 amide bonds. The Morgan fingerprint density at radius 2 is 1.82 bits per heavy atom. The molecule has 8 nitrogen and oxygen atoms in total. The van der Waals surface area contributed by atoms with Gasteiger partial charge in [-0.2, -0.15) is 0 Å². The van der Waals surface area contributed by atoms with E-state index in [1.165, 1.54) is 30.3 Å². The second-order valence-corrected chi connectivity index (χ2v) is 4.72. The average Bonchev–Trinajstić information content (AvgIpc) is 2.92. The Morgan fingerprint density at radius 3 is 2.55 bits per heavy atom. The maximum Gasteiger partial charge on any atom is 0.298 e. The second-order valence-electron chi connectivity index (χ2n) is 4.28. The van der Waals surface area contributed by atoms with Gasteiger partial charge in [0.2, 0.25) is 6.79 Å². The molecular formula is C13H8ClN3O5. The Hall–Kier alpha value is -2.87. The number of ether oxygens (including phenoxy) is 2. The number of hydrogen-bond acceptors (Lipinski definition) is 7. The largest absolute Gasteiger partial charge is 0.505 e. The van der Waals surface area contributed by atoms with Crippen molar-refractivity contribution in [2.75, 3.05) is 6.79 Å². The minimum Gasteiger partial charge on any atom is -0.505 e. The first-order chi connectivity index (χ1) is 10.5. The molecule has 22 heavy (non-hydrogen) atoms. The summed E-state index contributed by atoms with van der Waals surface area (Å²) in [6, 6.07) is 6.78. The maximum atomic E-state index is 11.0. The average molecular weight is 322 g/mol. The highest BCUT2D eigenvalue weighted by molar-refractivity contribution is 6.30. The van der Waals surface area contributed by atoms with E-state index in [0.717, 1.165) is 0 Å². The number of aromatic hydroxyl groups is 1. The van der Waals surface area contributed by atoms with Crippen LogP contribution in [0.25, 0.3) is 0 Å². The van der Waals surface area contributed by atoms with Crippen molar-refractivity contribution in [2.24, 2.45) is 10.2 Å². The molecule has 0 atom stereocenters. The zero-order valence-corrected chi connectivity index (χ0v) is 11.6. The van der Waals surface area contributed by atoms with Crippen LogP contribution in [0.3, 0.4) is 0 Å². The van der Waals surface area contributed by atoms with Gasteiger partial charge >= 0.3 is 0 Å². The topological polar surface area (TPSA) is 107 Å². The van der Waals surface area contributed by atoms with Gasteiger partial charge in [-0.25, -0.2) is 0 Å². The Labute approximate surface area is 128 Å². The van der Waals surface area contributed by atoms with Gasteiger partial charge in [-0.15, -0.1) is 10.2 Å². The van der Waals surface area contributed by atoms with E-state index in [1.54, 1.807) is 0 Å². The summed E-state index contributed by atoms with van der Waals surface area (Å²) in [5.74, 6) is 0.635. The van der Waals surface area contributed by atoms with Crippen LogP contribution >= 0.6 is 11.6 Å². The third kappa shape index (κ3) is 2.63. The molecule has 0 spiro atoms. The number of fused-ring (bicyclic) bond motifs is 1. The molecule has 9 heteroatoms. The number of hydrogen-bond donors (Lipinski definition) is 1. The van der Waals surface area contributed by atoms with Gasteiger partial charge in [0.05, 0.1) is 4.92 Å². The van der Waals surface area contributed by atoms with E-state index in [9.17, 15) is 15.2 Å². The lowest BCUT2D eigenvalue weighted by Gasteiger charge is -2.01. The highest BCUT2D eigenvalue weighted by Gasteiger charge is 2.18. The maximum absolute atomic E-state index is 11.0. The number of nitro groups is 1. The number of nitrogens with zero attached hydrogens (tertiary/aromatic N) is 3. The van der Waals surface area contributed by atoms with Crippen molar-refractivity contribution in [2.45, 2.75) is 0 Å². The van der Waals surface area contributed by atoms with E-state index >= 15 is 0 Å². The SMILES string of the molecule is O=[N+]([O-])c1cc(Cl)ccc1N=Nc1cc2c(cc1O)OCO2. The van der Waals surface area contributed by atoms with Gasteiger partial charge in [0.15, 0.2) is 17.2 Å². The summed E-state index contributed by atoms with van der Waals surface area (Å²) in [6.07, 6.45) is 0. The molecule has 0 saturated carbocycles. The van der Waals surface area contributed by atoms with Crippen molar-refractivity contribution in [3.05, 3.63) is 45.5 Å². The lowest BCUT2D eigenvalue weighted by molar-refractivity contribution is -0.384. The first kappa shape index (κ1) is 14.1. The molecule has 0 bridgehead atoms. The summed E-state index contributed by atoms with van der Waals surface area (Å²) >= 11 is 5.72. The molecule has 1 heterocycles. The highest BCUT2D eigenvalue weighted by atomic mass is 35.5. The van der Waals surface area contributed by atoms with Crippen LogP contribution in [0, 0.1) is 10.1 Å². The molecule has 0 saturated heterocycles. The fourth-order valence-electron chi connectivity index (χ4n) is 1.84. The van der Waals surface area contributed by atoms with Gasteiger partial charge < -0.3 is 14.6 Å². The molecule has 3 rings (SSSR count). The fraction of sp³-hybridized carbons (Fsp3) is 0.0769. The number of rotatable bonds is 3. The molecular weight excluding hydrogens is 314 g/mol. The number of azo groups is 1. The first-order valence-corrected chi connectivity index (χ1v) is 6.40. The quantitative estimate of drug-likeness (QED) is 0.520. The number of nitro benzene ring substituents is 1. The van der Waals surface area contributed by atoms with Crippen LogP contribution in [0.4, 0.5) is 17.1 Å². The summed E-state index contributed by atoms with van der Waals surface area (Å²) < 4.78 is 10.3. The lowest BCUT2D eigenvalue weighted by Crippen LogP contribution is -1.92. The molecule has 0 aliphatic carbocycles. The molecule has 1 aliphatic heterocycles. The minimum atomic E-state index is -0.611. The molecule has 1 N–H and O–H groups in total. The monoisotopic (exact) mass is 321 g/mol. The zero-order valence-electron chi connectivity index (χ0n) is 10.9. The van der Waals surface area contributed by atoms with Crippen molar-refractivity contribution < 1.29 is 19.5 Å². The van der Waals surface area contributed by atoms with Crippen LogP contribution in [0.15, 0.2) is 40.6 Å². The van der Waals surface area contributed by atoms with Crippen LogP contribution < -0.4 is 9.47 Å². The van der Waals surface area contributed by atoms with Crippen molar-refractivity contribution >= 4 is 28.7 Å².